The summed E-state index contributed by atoms with van der Waals surface area (Å²) in [4.78, 5) is 8.89. The number of fused-ring (bicyclic) bond motifs is 1. The van der Waals surface area contributed by atoms with Gasteiger partial charge in [-0.2, -0.15) is 0 Å². The van der Waals surface area contributed by atoms with Crippen molar-refractivity contribution in [1.29, 1.82) is 0 Å². The zero-order chi connectivity index (χ0) is 21.0. The second-order valence-corrected chi connectivity index (χ2v) is 9.04. The number of aromatic nitrogens is 3. The minimum atomic E-state index is -3.62. The molecule has 2 aromatic heterocycles. The van der Waals surface area contributed by atoms with Gasteiger partial charge in [0.2, 0.25) is 10.0 Å². The standard InChI is InChI=1S/C21H28N4O3S/c1-5-15(2)20(14-28-4)24-29(26,27)18-8-6-17(7-9-18)13-25-16(3)23-19-12-22-11-10-21(19)25/h6-12,15,20,24H,5,13-14H2,1-4H3/t15?,20-/m1/s1. The first-order chi connectivity index (χ1) is 13.9. The average molecular weight is 417 g/mol. The van der Waals surface area contributed by atoms with E-state index in [4.69, 9.17) is 4.74 Å². The Bertz CT molecular complexity index is 1060. The van der Waals surface area contributed by atoms with E-state index in [1.54, 1.807) is 31.6 Å². The summed E-state index contributed by atoms with van der Waals surface area (Å²) in [7, 11) is -2.04. The van der Waals surface area contributed by atoms with Gasteiger partial charge >= 0.3 is 0 Å². The van der Waals surface area contributed by atoms with Gasteiger partial charge in [-0.25, -0.2) is 18.1 Å². The van der Waals surface area contributed by atoms with Crippen LogP contribution >= 0.6 is 0 Å². The van der Waals surface area contributed by atoms with E-state index >= 15 is 0 Å². The Morgan fingerprint density at radius 2 is 1.93 bits per heavy atom. The van der Waals surface area contributed by atoms with Crippen molar-refractivity contribution in [2.24, 2.45) is 5.92 Å². The number of hydrogen-bond acceptors (Lipinski definition) is 5. The third kappa shape index (κ3) is 4.83. The van der Waals surface area contributed by atoms with Crippen LogP contribution in [0.1, 0.15) is 31.7 Å². The first kappa shape index (κ1) is 21.4. The highest BCUT2D eigenvalue weighted by atomic mass is 32.2. The molecule has 0 spiro atoms. The van der Waals surface area contributed by atoms with E-state index in [-0.39, 0.29) is 16.9 Å². The number of aryl methyl sites for hydroxylation is 1. The highest BCUT2D eigenvalue weighted by Gasteiger charge is 2.23. The van der Waals surface area contributed by atoms with Crippen molar-refractivity contribution in [1.82, 2.24) is 19.3 Å². The van der Waals surface area contributed by atoms with E-state index in [2.05, 4.69) is 19.3 Å². The maximum Gasteiger partial charge on any atom is 0.240 e. The molecule has 0 aliphatic heterocycles. The third-order valence-corrected chi connectivity index (χ3v) is 6.81. The molecule has 156 valence electrons. The van der Waals surface area contributed by atoms with Crippen molar-refractivity contribution in [2.45, 2.75) is 44.7 Å². The SMILES string of the molecule is CCC(C)[C@@H](COC)NS(=O)(=O)c1ccc(Cn2c(C)nc3cnccc32)cc1. The van der Waals surface area contributed by atoms with Crippen molar-refractivity contribution >= 4 is 21.1 Å². The molecule has 0 aliphatic rings. The van der Waals surface area contributed by atoms with Crippen molar-refractivity contribution < 1.29 is 13.2 Å². The topological polar surface area (TPSA) is 86.1 Å². The molecule has 1 unspecified atom stereocenters. The maximum absolute atomic E-state index is 12.8. The minimum Gasteiger partial charge on any atom is -0.383 e. The van der Waals surface area contributed by atoms with E-state index in [9.17, 15) is 8.42 Å². The highest BCUT2D eigenvalue weighted by molar-refractivity contribution is 7.89. The summed E-state index contributed by atoms with van der Waals surface area (Å²) in [6, 6.07) is 8.65. The number of rotatable bonds is 9. The summed E-state index contributed by atoms with van der Waals surface area (Å²) < 4.78 is 35.7. The molecule has 1 aromatic carbocycles. The monoisotopic (exact) mass is 416 g/mol. The number of ether oxygens (including phenoxy) is 1. The average Bonchev–Trinajstić information content (AvgIpc) is 3.02. The molecule has 2 heterocycles. The van der Waals surface area contributed by atoms with Crippen LogP contribution in [0.4, 0.5) is 0 Å². The molecule has 0 saturated heterocycles. The predicted octanol–water partition coefficient (Wildman–Crippen LogP) is 3.13. The lowest BCUT2D eigenvalue weighted by molar-refractivity contribution is 0.152. The Labute approximate surface area is 172 Å². The number of hydrogen-bond donors (Lipinski definition) is 1. The molecule has 8 heteroatoms. The fraction of sp³-hybridized carbons (Fsp3) is 0.429. The number of pyridine rings is 1. The van der Waals surface area contributed by atoms with Gasteiger partial charge in [0, 0.05) is 25.9 Å². The van der Waals surface area contributed by atoms with Gasteiger partial charge in [-0.15, -0.1) is 0 Å². The molecule has 2 atom stereocenters. The lowest BCUT2D eigenvalue weighted by Crippen LogP contribution is -2.42. The fourth-order valence-electron chi connectivity index (χ4n) is 3.30. The molecular formula is C21H28N4O3S. The van der Waals surface area contributed by atoms with E-state index in [1.165, 1.54) is 0 Å². The second-order valence-electron chi connectivity index (χ2n) is 7.32. The Kier molecular flexibility index (Phi) is 6.66. The van der Waals surface area contributed by atoms with Crippen LogP contribution in [-0.4, -0.2) is 42.7 Å². The van der Waals surface area contributed by atoms with Crippen molar-refractivity contribution in [3.05, 3.63) is 54.1 Å². The summed E-state index contributed by atoms with van der Waals surface area (Å²) >= 11 is 0. The largest absolute Gasteiger partial charge is 0.383 e. The van der Waals surface area contributed by atoms with Crippen LogP contribution in [0.15, 0.2) is 47.6 Å². The third-order valence-electron chi connectivity index (χ3n) is 5.30. The minimum absolute atomic E-state index is 0.177. The Balaban J connectivity index is 1.79. The molecule has 0 radical (unpaired) electrons. The van der Waals surface area contributed by atoms with Crippen LogP contribution < -0.4 is 4.72 Å². The smallest absolute Gasteiger partial charge is 0.240 e. The number of benzene rings is 1. The molecule has 29 heavy (non-hydrogen) atoms. The molecular weight excluding hydrogens is 388 g/mol. The number of sulfonamides is 1. The quantitative estimate of drug-likeness (QED) is 0.579. The Morgan fingerprint density at radius 3 is 2.59 bits per heavy atom. The molecule has 0 fully saturated rings. The number of nitrogens with zero attached hydrogens (tertiary/aromatic N) is 3. The van der Waals surface area contributed by atoms with E-state index in [0.29, 0.717) is 13.2 Å². The molecule has 0 aliphatic carbocycles. The zero-order valence-corrected chi connectivity index (χ0v) is 18.1. The Morgan fingerprint density at radius 1 is 1.21 bits per heavy atom. The van der Waals surface area contributed by atoms with Crippen molar-refractivity contribution in [3.63, 3.8) is 0 Å². The lowest BCUT2D eigenvalue weighted by atomic mass is 10.0. The first-order valence-electron chi connectivity index (χ1n) is 9.72. The normalized spacial score (nSPS) is 14.2. The summed E-state index contributed by atoms with van der Waals surface area (Å²) in [5, 5.41) is 0. The van der Waals surface area contributed by atoms with Gasteiger partial charge in [0.15, 0.2) is 0 Å². The van der Waals surface area contributed by atoms with Crippen LogP contribution in [-0.2, 0) is 21.3 Å². The summed E-state index contributed by atoms with van der Waals surface area (Å²) in [6.07, 6.45) is 4.35. The van der Waals surface area contributed by atoms with Crippen LogP contribution in [0, 0.1) is 12.8 Å². The van der Waals surface area contributed by atoms with Gasteiger partial charge in [-0.3, -0.25) is 4.98 Å². The van der Waals surface area contributed by atoms with Gasteiger partial charge in [0.05, 0.1) is 23.2 Å². The molecule has 3 rings (SSSR count). The van der Waals surface area contributed by atoms with Gasteiger partial charge in [0.1, 0.15) is 11.3 Å². The molecule has 0 saturated carbocycles. The van der Waals surface area contributed by atoms with Gasteiger partial charge < -0.3 is 9.30 Å². The summed E-state index contributed by atoms with van der Waals surface area (Å²) in [5.74, 6) is 1.07. The highest BCUT2D eigenvalue weighted by Crippen LogP contribution is 2.19. The molecule has 0 bridgehead atoms. The van der Waals surface area contributed by atoms with Crippen LogP contribution in [0.25, 0.3) is 11.0 Å². The molecule has 0 amide bonds. The van der Waals surface area contributed by atoms with Crippen LogP contribution in [0.2, 0.25) is 0 Å². The molecule has 3 aromatic rings. The molecule has 1 N–H and O–H groups in total. The van der Waals surface area contributed by atoms with Gasteiger partial charge in [-0.1, -0.05) is 32.4 Å². The van der Waals surface area contributed by atoms with Crippen LogP contribution in [0.5, 0.6) is 0 Å². The molecule has 7 nitrogen and oxygen atoms in total. The van der Waals surface area contributed by atoms with Gasteiger partial charge in [-0.05, 0) is 36.6 Å². The zero-order valence-electron chi connectivity index (χ0n) is 17.3. The summed E-state index contributed by atoms with van der Waals surface area (Å²) in [6.45, 7) is 6.96. The van der Waals surface area contributed by atoms with E-state index in [1.807, 2.05) is 39.0 Å². The van der Waals surface area contributed by atoms with E-state index < -0.39 is 10.0 Å². The first-order valence-corrected chi connectivity index (χ1v) is 11.2. The fourth-order valence-corrected chi connectivity index (χ4v) is 4.63. The lowest BCUT2D eigenvalue weighted by Gasteiger charge is -2.23. The predicted molar refractivity (Wildman–Crippen MR) is 113 cm³/mol. The maximum atomic E-state index is 12.8. The second kappa shape index (κ2) is 9.02. The van der Waals surface area contributed by atoms with Crippen LogP contribution in [0.3, 0.4) is 0 Å². The number of nitrogens with one attached hydrogen (secondary N) is 1. The van der Waals surface area contributed by atoms with Gasteiger partial charge in [0.25, 0.3) is 0 Å². The Hall–Kier alpha value is -2.29. The summed E-state index contributed by atoms with van der Waals surface area (Å²) in [5.41, 5.74) is 2.85. The number of methoxy groups -OCH3 is 1. The van der Waals surface area contributed by atoms with E-state index in [0.717, 1.165) is 28.8 Å². The van der Waals surface area contributed by atoms with Crippen molar-refractivity contribution in [2.75, 3.05) is 13.7 Å². The number of imidazole rings is 1. The van der Waals surface area contributed by atoms with Crippen molar-refractivity contribution in [3.8, 4) is 0 Å².